The number of carbonyl (C=O) groups is 1. The number of fused-ring (bicyclic) bond motifs is 2. The monoisotopic (exact) mass is 394 g/mol. The number of carbonyl (C=O) groups excluding carboxylic acids is 1. The third-order valence-corrected chi connectivity index (χ3v) is 5.35. The van der Waals surface area contributed by atoms with Crippen LogP contribution >= 0.6 is 0 Å². The third-order valence-electron chi connectivity index (χ3n) is 5.35. The molecule has 1 aliphatic heterocycles. The number of nitrogens with zero attached hydrogens (tertiary/aromatic N) is 4. The molecular weight excluding hydrogens is 372 g/mol. The highest BCUT2D eigenvalue weighted by Gasteiger charge is 2.28. The number of hydrogen-bond donors (Lipinski definition) is 0. The lowest BCUT2D eigenvalue weighted by Gasteiger charge is -2.31. The minimum absolute atomic E-state index is 0.169. The molecule has 0 N–H and O–H groups in total. The molecule has 2 aromatic carbocycles. The van der Waals surface area contributed by atoms with Crippen LogP contribution in [0.4, 0.5) is 0 Å². The molecule has 4 rings (SSSR count). The van der Waals surface area contributed by atoms with Gasteiger partial charge in [-0.05, 0) is 48.7 Å². The second kappa shape index (κ2) is 7.54. The van der Waals surface area contributed by atoms with Gasteiger partial charge in [0.25, 0.3) is 5.56 Å². The summed E-state index contributed by atoms with van der Waals surface area (Å²) >= 11 is 0. The Morgan fingerprint density at radius 1 is 1.10 bits per heavy atom. The average Bonchev–Trinajstić information content (AvgIpc) is 2.77. The summed E-state index contributed by atoms with van der Waals surface area (Å²) in [5.74, 6) is 1.14. The Morgan fingerprint density at radius 2 is 1.79 bits per heavy atom. The first-order valence-electron chi connectivity index (χ1n) is 9.40. The predicted octanol–water partition coefficient (Wildman–Crippen LogP) is 1.95. The van der Waals surface area contributed by atoms with E-state index in [1.54, 1.807) is 50.3 Å². The number of methoxy groups -OCH3 is 2. The standard InChI is InChI=1S/C21H22N4O4/c1-13(25-21(27)16-6-4-5-7-17(16)22-23-25)20(26)24-9-8-14-10-18(28-2)19(29-3)11-15(14)12-24/h4-7,10-11,13H,8-9,12H2,1-3H3. The number of ether oxygens (including phenoxy) is 2. The predicted molar refractivity (Wildman–Crippen MR) is 107 cm³/mol. The van der Waals surface area contributed by atoms with Crippen molar-refractivity contribution in [2.75, 3.05) is 20.8 Å². The van der Waals surface area contributed by atoms with Gasteiger partial charge in [-0.15, -0.1) is 5.10 Å². The zero-order valence-corrected chi connectivity index (χ0v) is 16.6. The van der Waals surface area contributed by atoms with E-state index in [0.717, 1.165) is 15.8 Å². The minimum atomic E-state index is -0.749. The molecule has 8 nitrogen and oxygen atoms in total. The van der Waals surface area contributed by atoms with Gasteiger partial charge in [-0.1, -0.05) is 17.3 Å². The highest BCUT2D eigenvalue weighted by atomic mass is 16.5. The molecule has 1 amide bonds. The highest BCUT2D eigenvalue weighted by molar-refractivity contribution is 5.81. The van der Waals surface area contributed by atoms with Crippen molar-refractivity contribution in [2.45, 2.75) is 25.9 Å². The van der Waals surface area contributed by atoms with Crippen LogP contribution in [-0.4, -0.2) is 46.6 Å². The zero-order valence-electron chi connectivity index (χ0n) is 16.6. The highest BCUT2D eigenvalue weighted by Crippen LogP contribution is 2.33. The van der Waals surface area contributed by atoms with Crippen molar-refractivity contribution < 1.29 is 14.3 Å². The normalized spacial score (nSPS) is 14.4. The first-order valence-corrected chi connectivity index (χ1v) is 9.40. The maximum atomic E-state index is 13.1. The van der Waals surface area contributed by atoms with Crippen LogP contribution in [0.15, 0.2) is 41.2 Å². The summed E-state index contributed by atoms with van der Waals surface area (Å²) < 4.78 is 11.9. The molecule has 3 aromatic rings. The molecule has 0 aliphatic carbocycles. The molecule has 0 saturated carbocycles. The first-order chi connectivity index (χ1) is 14.0. The molecule has 0 bridgehead atoms. The summed E-state index contributed by atoms with van der Waals surface area (Å²) in [5, 5.41) is 8.51. The van der Waals surface area contributed by atoms with Gasteiger partial charge in [-0.2, -0.15) is 4.68 Å². The van der Waals surface area contributed by atoms with Crippen LogP contribution in [0.2, 0.25) is 0 Å². The molecule has 150 valence electrons. The number of amides is 1. The molecule has 0 spiro atoms. The molecule has 0 fully saturated rings. The van der Waals surface area contributed by atoms with E-state index in [1.165, 1.54) is 0 Å². The van der Waals surface area contributed by atoms with E-state index in [2.05, 4.69) is 10.3 Å². The van der Waals surface area contributed by atoms with Crippen molar-refractivity contribution in [1.82, 2.24) is 19.9 Å². The summed E-state index contributed by atoms with van der Waals surface area (Å²) in [4.78, 5) is 27.6. The zero-order chi connectivity index (χ0) is 20.5. The number of rotatable bonds is 4. The van der Waals surface area contributed by atoms with E-state index in [1.807, 2.05) is 12.1 Å². The summed E-state index contributed by atoms with van der Waals surface area (Å²) in [6, 6.07) is 10.1. The van der Waals surface area contributed by atoms with Crippen LogP contribution in [-0.2, 0) is 17.8 Å². The van der Waals surface area contributed by atoms with Crippen molar-refractivity contribution in [2.24, 2.45) is 0 Å². The average molecular weight is 394 g/mol. The van der Waals surface area contributed by atoms with Crippen LogP contribution in [0.1, 0.15) is 24.1 Å². The molecule has 1 aliphatic rings. The topological polar surface area (TPSA) is 86.6 Å². The maximum Gasteiger partial charge on any atom is 0.278 e. The number of benzene rings is 2. The van der Waals surface area contributed by atoms with Gasteiger partial charge in [0.1, 0.15) is 11.6 Å². The number of hydrogen-bond acceptors (Lipinski definition) is 6. The van der Waals surface area contributed by atoms with E-state index in [0.29, 0.717) is 41.9 Å². The summed E-state index contributed by atoms with van der Waals surface area (Å²) in [5.41, 5.74) is 2.33. The van der Waals surface area contributed by atoms with Crippen molar-refractivity contribution in [3.05, 3.63) is 57.9 Å². The van der Waals surface area contributed by atoms with Gasteiger partial charge in [-0.3, -0.25) is 9.59 Å². The smallest absolute Gasteiger partial charge is 0.278 e. The molecule has 2 heterocycles. The van der Waals surface area contributed by atoms with Gasteiger partial charge in [0.15, 0.2) is 11.5 Å². The first kappa shape index (κ1) is 18.9. The largest absolute Gasteiger partial charge is 0.493 e. The fraction of sp³-hybridized carbons (Fsp3) is 0.333. The summed E-state index contributed by atoms with van der Waals surface area (Å²) in [6.45, 7) is 2.67. The summed E-state index contributed by atoms with van der Waals surface area (Å²) in [7, 11) is 3.19. The lowest BCUT2D eigenvalue weighted by atomic mass is 9.98. The van der Waals surface area contributed by atoms with Crippen molar-refractivity contribution in [3.63, 3.8) is 0 Å². The van der Waals surface area contributed by atoms with Gasteiger partial charge in [-0.25, -0.2) is 0 Å². The van der Waals surface area contributed by atoms with Crippen LogP contribution in [0.5, 0.6) is 11.5 Å². The molecule has 29 heavy (non-hydrogen) atoms. The van der Waals surface area contributed by atoms with E-state index >= 15 is 0 Å². The Balaban J connectivity index is 1.61. The third kappa shape index (κ3) is 3.30. The number of aromatic nitrogens is 3. The lowest BCUT2D eigenvalue weighted by Crippen LogP contribution is -2.42. The van der Waals surface area contributed by atoms with Gasteiger partial charge in [0.2, 0.25) is 5.91 Å². The van der Waals surface area contributed by atoms with Crippen LogP contribution in [0.3, 0.4) is 0 Å². The second-order valence-corrected chi connectivity index (χ2v) is 7.02. The van der Waals surface area contributed by atoms with Crippen LogP contribution in [0, 0.1) is 0 Å². The van der Waals surface area contributed by atoms with Gasteiger partial charge >= 0.3 is 0 Å². The van der Waals surface area contributed by atoms with Gasteiger partial charge < -0.3 is 14.4 Å². The van der Waals surface area contributed by atoms with Gasteiger partial charge in [0, 0.05) is 13.1 Å². The molecule has 1 unspecified atom stereocenters. The lowest BCUT2D eigenvalue weighted by molar-refractivity contribution is -0.135. The molecule has 1 aromatic heterocycles. The quantitative estimate of drug-likeness (QED) is 0.672. The van der Waals surface area contributed by atoms with Crippen molar-refractivity contribution >= 4 is 16.8 Å². The Bertz CT molecular complexity index is 1140. The Morgan fingerprint density at radius 3 is 2.52 bits per heavy atom. The minimum Gasteiger partial charge on any atom is -0.493 e. The Hall–Kier alpha value is -3.42. The molecular formula is C21H22N4O4. The van der Waals surface area contributed by atoms with E-state index in [-0.39, 0.29) is 11.5 Å². The molecule has 8 heteroatoms. The fourth-order valence-corrected chi connectivity index (χ4v) is 3.70. The van der Waals surface area contributed by atoms with Crippen molar-refractivity contribution in [1.29, 1.82) is 0 Å². The SMILES string of the molecule is COc1cc2c(cc1OC)CN(C(=O)C(C)n1nnc3ccccc3c1=O)CC2. The molecule has 1 atom stereocenters. The fourth-order valence-electron chi connectivity index (χ4n) is 3.70. The maximum absolute atomic E-state index is 13.1. The Labute approximate surface area is 167 Å². The summed E-state index contributed by atoms with van der Waals surface area (Å²) in [6.07, 6.45) is 0.701. The van der Waals surface area contributed by atoms with Crippen LogP contribution in [0.25, 0.3) is 10.9 Å². The molecule has 0 radical (unpaired) electrons. The van der Waals surface area contributed by atoms with Crippen molar-refractivity contribution in [3.8, 4) is 11.5 Å². The van der Waals surface area contributed by atoms with E-state index < -0.39 is 6.04 Å². The van der Waals surface area contributed by atoms with Gasteiger partial charge in [0.05, 0.1) is 19.6 Å². The molecule has 0 saturated heterocycles. The van der Waals surface area contributed by atoms with E-state index in [4.69, 9.17) is 9.47 Å². The van der Waals surface area contributed by atoms with E-state index in [9.17, 15) is 9.59 Å². The van der Waals surface area contributed by atoms with Crippen LogP contribution < -0.4 is 15.0 Å². The Kier molecular flexibility index (Phi) is 4.92. The second-order valence-electron chi connectivity index (χ2n) is 7.02.